The van der Waals surface area contributed by atoms with Crippen molar-refractivity contribution in [3.63, 3.8) is 0 Å². The zero-order chi connectivity index (χ0) is 19.4. The molecule has 2 aromatic rings. The van der Waals surface area contributed by atoms with E-state index in [4.69, 9.17) is 4.74 Å². The smallest absolute Gasteiger partial charge is 0.253 e. The van der Waals surface area contributed by atoms with Crippen LogP contribution >= 0.6 is 0 Å². The SMILES string of the molecule is O=C(NCC1(c2ccccc2)CCC1)c1cccc(NC(=O)C2CCCO2)c1. The minimum absolute atomic E-state index is 0.0442. The van der Waals surface area contributed by atoms with E-state index in [0.29, 0.717) is 24.4 Å². The van der Waals surface area contributed by atoms with Gasteiger partial charge in [-0.25, -0.2) is 0 Å². The van der Waals surface area contributed by atoms with Gasteiger partial charge in [-0.15, -0.1) is 0 Å². The fourth-order valence-corrected chi connectivity index (χ4v) is 4.06. The van der Waals surface area contributed by atoms with E-state index < -0.39 is 0 Å². The van der Waals surface area contributed by atoms with E-state index in [1.807, 2.05) is 6.07 Å². The summed E-state index contributed by atoms with van der Waals surface area (Å²) in [5.74, 6) is -0.261. The van der Waals surface area contributed by atoms with Gasteiger partial charge in [0.1, 0.15) is 6.10 Å². The van der Waals surface area contributed by atoms with Gasteiger partial charge in [0.15, 0.2) is 0 Å². The fourth-order valence-electron chi connectivity index (χ4n) is 4.06. The second kappa shape index (κ2) is 8.15. The van der Waals surface area contributed by atoms with Crippen LogP contribution in [0, 0.1) is 0 Å². The van der Waals surface area contributed by atoms with Crippen molar-refractivity contribution in [2.75, 3.05) is 18.5 Å². The Labute approximate surface area is 165 Å². The summed E-state index contributed by atoms with van der Waals surface area (Å²) >= 11 is 0. The van der Waals surface area contributed by atoms with Crippen LogP contribution in [0.25, 0.3) is 0 Å². The zero-order valence-corrected chi connectivity index (χ0v) is 15.9. The average molecular weight is 378 g/mol. The number of ether oxygens (including phenoxy) is 1. The van der Waals surface area contributed by atoms with E-state index in [-0.39, 0.29) is 23.3 Å². The summed E-state index contributed by atoms with van der Waals surface area (Å²) in [6, 6.07) is 17.5. The number of hydrogen-bond acceptors (Lipinski definition) is 3. The molecule has 2 fully saturated rings. The second-order valence-electron chi connectivity index (χ2n) is 7.75. The van der Waals surface area contributed by atoms with Crippen LogP contribution in [0.5, 0.6) is 0 Å². The summed E-state index contributed by atoms with van der Waals surface area (Å²) in [5.41, 5.74) is 2.50. The molecule has 5 nitrogen and oxygen atoms in total. The van der Waals surface area contributed by atoms with Crippen molar-refractivity contribution >= 4 is 17.5 Å². The zero-order valence-electron chi connectivity index (χ0n) is 15.9. The van der Waals surface area contributed by atoms with Crippen LogP contribution in [0.2, 0.25) is 0 Å². The molecule has 1 heterocycles. The lowest BCUT2D eigenvalue weighted by atomic mass is 9.64. The van der Waals surface area contributed by atoms with Crippen LogP contribution in [0.4, 0.5) is 5.69 Å². The summed E-state index contributed by atoms with van der Waals surface area (Å²) in [6.45, 7) is 1.26. The van der Waals surface area contributed by atoms with Gasteiger partial charge in [0.05, 0.1) is 0 Å². The maximum absolute atomic E-state index is 12.7. The van der Waals surface area contributed by atoms with Gasteiger partial charge in [-0.2, -0.15) is 0 Å². The molecule has 0 bridgehead atoms. The standard InChI is InChI=1S/C23H26N2O3/c26-21(24-16-23(12-6-13-23)18-8-2-1-3-9-18)17-7-4-10-19(15-17)25-22(27)20-11-5-14-28-20/h1-4,7-10,15,20H,5-6,11-14,16H2,(H,24,26)(H,25,27). The lowest BCUT2D eigenvalue weighted by molar-refractivity contribution is -0.124. The van der Waals surface area contributed by atoms with Crippen LogP contribution in [-0.2, 0) is 14.9 Å². The van der Waals surface area contributed by atoms with Crippen molar-refractivity contribution in [3.8, 4) is 0 Å². The summed E-state index contributed by atoms with van der Waals surface area (Å²) in [7, 11) is 0. The number of hydrogen-bond donors (Lipinski definition) is 2. The third-order valence-corrected chi connectivity index (χ3v) is 5.90. The summed E-state index contributed by atoms with van der Waals surface area (Å²) in [5, 5.41) is 5.96. The second-order valence-corrected chi connectivity index (χ2v) is 7.75. The molecule has 0 aromatic heterocycles. The predicted octanol–water partition coefficient (Wildman–Crippen LogP) is 3.66. The molecule has 2 N–H and O–H groups in total. The molecule has 28 heavy (non-hydrogen) atoms. The first-order valence-corrected chi connectivity index (χ1v) is 10.0. The molecular formula is C23H26N2O3. The average Bonchev–Trinajstić information content (AvgIpc) is 3.23. The Morgan fingerprint density at radius 2 is 1.86 bits per heavy atom. The van der Waals surface area contributed by atoms with E-state index in [9.17, 15) is 9.59 Å². The van der Waals surface area contributed by atoms with Crippen LogP contribution in [0.15, 0.2) is 54.6 Å². The minimum atomic E-state index is -0.387. The minimum Gasteiger partial charge on any atom is -0.368 e. The van der Waals surface area contributed by atoms with E-state index in [1.165, 1.54) is 12.0 Å². The maximum atomic E-state index is 12.7. The highest BCUT2D eigenvalue weighted by atomic mass is 16.5. The van der Waals surface area contributed by atoms with Crippen LogP contribution in [0.3, 0.4) is 0 Å². The molecule has 1 saturated heterocycles. The third-order valence-electron chi connectivity index (χ3n) is 5.90. The molecule has 1 atom stereocenters. The first kappa shape index (κ1) is 18.7. The van der Waals surface area contributed by atoms with Crippen LogP contribution < -0.4 is 10.6 Å². The van der Waals surface area contributed by atoms with Crippen LogP contribution in [-0.4, -0.2) is 31.1 Å². The van der Waals surface area contributed by atoms with Crippen molar-refractivity contribution in [1.82, 2.24) is 5.32 Å². The highest BCUT2D eigenvalue weighted by Crippen LogP contribution is 2.43. The number of anilines is 1. The van der Waals surface area contributed by atoms with Gasteiger partial charge in [-0.3, -0.25) is 9.59 Å². The third kappa shape index (κ3) is 3.94. The first-order valence-electron chi connectivity index (χ1n) is 10.0. The van der Waals surface area contributed by atoms with Crippen molar-refractivity contribution in [3.05, 3.63) is 65.7 Å². The maximum Gasteiger partial charge on any atom is 0.253 e. The Kier molecular flexibility index (Phi) is 5.44. The number of benzene rings is 2. The normalized spacial score (nSPS) is 20.2. The number of amides is 2. The molecule has 4 rings (SSSR count). The molecule has 1 saturated carbocycles. The molecule has 146 valence electrons. The van der Waals surface area contributed by atoms with Gasteiger partial charge in [0.25, 0.3) is 11.8 Å². The molecule has 1 aliphatic carbocycles. The number of rotatable bonds is 6. The van der Waals surface area contributed by atoms with E-state index in [0.717, 1.165) is 25.7 Å². The molecule has 5 heteroatoms. The predicted molar refractivity (Wildman–Crippen MR) is 108 cm³/mol. The Bertz CT molecular complexity index is 840. The Morgan fingerprint density at radius 3 is 2.54 bits per heavy atom. The van der Waals surface area contributed by atoms with E-state index in [1.54, 1.807) is 24.3 Å². The van der Waals surface area contributed by atoms with Crippen molar-refractivity contribution in [2.45, 2.75) is 43.6 Å². The highest BCUT2D eigenvalue weighted by Gasteiger charge is 2.38. The molecule has 2 aromatic carbocycles. The number of carbonyl (C=O) groups excluding carboxylic acids is 2. The molecule has 0 radical (unpaired) electrons. The Hall–Kier alpha value is -2.66. The van der Waals surface area contributed by atoms with Gasteiger partial charge in [-0.05, 0) is 49.4 Å². The van der Waals surface area contributed by atoms with Crippen molar-refractivity contribution in [1.29, 1.82) is 0 Å². The van der Waals surface area contributed by atoms with Crippen LogP contribution in [0.1, 0.15) is 48.0 Å². The summed E-state index contributed by atoms with van der Waals surface area (Å²) < 4.78 is 5.41. The lowest BCUT2D eigenvalue weighted by Crippen LogP contribution is -2.45. The monoisotopic (exact) mass is 378 g/mol. The first-order chi connectivity index (χ1) is 13.7. The summed E-state index contributed by atoms with van der Waals surface area (Å²) in [4.78, 5) is 24.9. The molecular weight excluding hydrogens is 352 g/mol. The van der Waals surface area contributed by atoms with E-state index in [2.05, 4.69) is 34.9 Å². The quantitative estimate of drug-likeness (QED) is 0.806. The largest absolute Gasteiger partial charge is 0.368 e. The number of carbonyl (C=O) groups is 2. The van der Waals surface area contributed by atoms with Gasteiger partial charge in [0.2, 0.25) is 0 Å². The highest BCUT2D eigenvalue weighted by molar-refractivity contribution is 5.98. The lowest BCUT2D eigenvalue weighted by Gasteiger charge is -2.42. The van der Waals surface area contributed by atoms with Crippen molar-refractivity contribution in [2.24, 2.45) is 0 Å². The molecule has 1 aliphatic heterocycles. The van der Waals surface area contributed by atoms with Crippen molar-refractivity contribution < 1.29 is 14.3 Å². The van der Waals surface area contributed by atoms with Gasteiger partial charge in [-0.1, -0.05) is 42.8 Å². The van der Waals surface area contributed by atoms with E-state index >= 15 is 0 Å². The fraction of sp³-hybridized carbons (Fsp3) is 0.391. The summed E-state index contributed by atoms with van der Waals surface area (Å²) in [6.07, 6.45) is 4.64. The Morgan fingerprint density at radius 1 is 1.04 bits per heavy atom. The molecule has 2 amide bonds. The Balaban J connectivity index is 1.39. The number of nitrogens with one attached hydrogen (secondary N) is 2. The van der Waals surface area contributed by atoms with Gasteiger partial charge in [0, 0.05) is 29.8 Å². The molecule has 1 unspecified atom stereocenters. The molecule has 0 spiro atoms. The molecule has 2 aliphatic rings. The topological polar surface area (TPSA) is 67.4 Å². The van der Waals surface area contributed by atoms with Gasteiger partial charge < -0.3 is 15.4 Å². The van der Waals surface area contributed by atoms with Gasteiger partial charge >= 0.3 is 0 Å².